The van der Waals surface area contributed by atoms with Crippen LogP contribution in [0.1, 0.15) is 29.9 Å². The number of nitrogens with one attached hydrogen (secondary N) is 1. The van der Waals surface area contributed by atoms with E-state index in [2.05, 4.69) is 11.9 Å². The van der Waals surface area contributed by atoms with Crippen LogP contribution in [0.3, 0.4) is 0 Å². The minimum absolute atomic E-state index is 0.0488. The third-order valence-electron chi connectivity index (χ3n) is 6.18. The number of carboxylic acid groups (broad SMARTS) is 1. The SMILES string of the molecule is C=CCC(NC(=O)OCC1c2ccccc2-c2ccccc21)C(=O)N1C[C@H](O)C[C@@H]1C(=O)O. The molecule has 2 aromatic carbocycles. The average Bonchev–Trinajstić information content (AvgIpc) is 3.35. The molecule has 1 heterocycles. The number of ether oxygens (including phenoxy) is 1. The van der Waals surface area contributed by atoms with Crippen molar-refractivity contribution in [2.45, 2.75) is 36.9 Å². The molecule has 0 radical (unpaired) electrons. The van der Waals surface area contributed by atoms with Crippen LogP contribution in [0, 0.1) is 0 Å². The van der Waals surface area contributed by atoms with Gasteiger partial charge in [0.25, 0.3) is 0 Å². The number of hydrogen-bond acceptors (Lipinski definition) is 5. The normalized spacial score (nSPS) is 20.0. The van der Waals surface area contributed by atoms with Gasteiger partial charge in [0.1, 0.15) is 18.7 Å². The first-order valence-electron chi connectivity index (χ1n) is 10.8. The summed E-state index contributed by atoms with van der Waals surface area (Å²) in [5, 5.41) is 21.8. The molecule has 2 amide bonds. The largest absolute Gasteiger partial charge is 0.480 e. The van der Waals surface area contributed by atoms with Gasteiger partial charge in [0.2, 0.25) is 5.91 Å². The van der Waals surface area contributed by atoms with Crippen LogP contribution in [0.2, 0.25) is 0 Å². The molecule has 1 aliphatic heterocycles. The monoisotopic (exact) mass is 450 g/mol. The van der Waals surface area contributed by atoms with E-state index in [9.17, 15) is 24.6 Å². The first-order valence-corrected chi connectivity index (χ1v) is 10.8. The van der Waals surface area contributed by atoms with Gasteiger partial charge in [-0.25, -0.2) is 9.59 Å². The highest BCUT2D eigenvalue weighted by Gasteiger charge is 2.41. The fourth-order valence-corrected chi connectivity index (χ4v) is 4.66. The van der Waals surface area contributed by atoms with Crippen molar-refractivity contribution in [3.8, 4) is 11.1 Å². The van der Waals surface area contributed by atoms with Crippen molar-refractivity contribution < 1.29 is 29.3 Å². The number of nitrogens with zero attached hydrogens (tertiary/aromatic N) is 1. The van der Waals surface area contributed by atoms with E-state index in [0.29, 0.717) is 0 Å². The van der Waals surface area contributed by atoms with E-state index in [1.807, 2.05) is 48.5 Å². The molecule has 8 nitrogen and oxygen atoms in total. The van der Waals surface area contributed by atoms with Gasteiger partial charge in [-0.05, 0) is 28.7 Å². The third-order valence-corrected chi connectivity index (χ3v) is 6.18. The van der Waals surface area contributed by atoms with Gasteiger partial charge < -0.3 is 25.2 Å². The van der Waals surface area contributed by atoms with Gasteiger partial charge in [0, 0.05) is 18.9 Å². The number of aliphatic carboxylic acids is 1. The second-order valence-electron chi connectivity index (χ2n) is 8.28. The van der Waals surface area contributed by atoms with Crippen molar-refractivity contribution in [2.75, 3.05) is 13.2 Å². The summed E-state index contributed by atoms with van der Waals surface area (Å²) in [7, 11) is 0. The number of fused-ring (bicyclic) bond motifs is 3. The predicted octanol–water partition coefficient (Wildman–Crippen LogP) is 2.52. The van der Waals surface area contributed by atoms with E-state index in [4.69, 9.17) is 4.74 Å². The molecule has 1 unspecified atom stereocenters. The second-order valence-corrected chi connectivity index (χ2v) is 8.28. The van der Waals surface area contributed by atoms with Crippen molar-refractivity contribution in [1.29, 1.82) is 0 Å². The molecule has 1 fully saturated rings. The number of alkyl carbamates (subject to hydrolysis) is 1. The van der Waals surface area contributed by atoms with E-state index in [1.165, 1.54) is 6.08 Å². The molecule has 8 heteroatoms. The highest BCUT2D eigenvalue weighted by atomic mass is 16.5. The molecule has 172 valence electrons. The Morgan fingerprint density at radius 3 is 2.30 bits per heavy atom. The summed E-state index contributed by atoms with van der Waals surface area (Å²) in [6.07, 6.45) is -0.179. The predicted molar refractivity (Wildman–Crippen MR) is 121 cm³/mol. The van der Waals surface area contributed by atoms with E-state index < -0.39 is 36.2 Å². The Bertz CT molecular complexity index is 1040. The van der Waals surface area contributed by atoms with Crippen LogP contribution in [0.25, 0.3) is 11.1 Å². The lowest BCUT2D eigenvalue weighted by Gasteiger charge is -2.26. The molecule has 1 saturated heterocycles. The topological polar surface area (TPSA) is 116 Å². The van der Waals surface area contributed by atoms with Crippen molar-refractivity contribution in [1.82, 2.24) is 10.2 Å². The Morgan fingerprint density at radius 1 is 1.12 bits per heavy atom. The molecule has 1 aliphatic carbocycles. The average molecular weight is 450 g/mol. The third kappa shape index (κ3) is 4.47. The molecule has 0 bridgehead atoms. The lowest BCUT2D eigenvalue weighted by Crippen LogP contribution is -2.51. The highest BCUT2D eigenvalue weighted by molar-refractivity contribution is 5.90. The minimum atomic E-state index is -1.20. The molecule has 4 rings (SSSR count). The highest BCUT2D eigenvalue weighted by Crippen LogP contribution is 2.44. The van der Waals surface area contributed by atoms with Gasteiger partial charge in [-0.1, -0.05) is 54.6 Å². The van der Waals surface area contributed by atoms with Gasteiger partial charge in [0.15, 0.2) is 0 Å². The fourth-order valence-electron chi connectivity index (χ4n) is 4.66. The lowest BCUT2D eigenvalue weighted by atomic mass is 9.98. The number of rotatable bonds is 7. The zero-order chi connectivity index (χ0) is 23.5. The van der Waals surface area contributed by atoms with Crippen LogP contribution in [0.4, 0.5) is 4.79 Å². The van der Waals surface area contributed by atoms with Crippen LogP contribution in [-0.2, 0) is 14.3 Å². The van der Waals surface area contributed by atoms with Crippen LogP contribution >= 0.6 is 0 Å². The maximum absolute atomic E-state index is 13.0. The van der Waals surface area contributed by atoms with Crippen molar-refractivity contribution in [3.63, 3.8) is 0 Å². The Hall–Kier alpha value is -3.65. The van der Waals surface area contributed by atoms with Crippen LogP contribution in [-0.4, -0.2) is 64.4 Å². The zero-order valence-corrected chi connectivity index (χ0v) is 18.0. The quantitative estimate of drug-likeness (QED) is 0.558. The Labute approximate surface area is 191 Å². The van der Waals surface area contributed by atoms with Crippen molar-refractivity contribution >= 4 is 18.0 Å². The van der Waals surface area contributed by atoms with E-state index in [1.54, 1.807) is 0 Å². The number of carboxylic acids is 1. The summed E-state index contributed by atoms with van der Waals surface area (Å²) in [4.78, 5) is 38.1. The molecule has 3 N–H and O–H groups in total. The summed E-state index contributed by atoms with van der Waals surface area (Å²) in [6.45, 7) is 3.61. The number of amides is 2. The standard InChI is InChI=1S/C25H26N2O6/c1-2-7-21(23(29)27-13-15(28)12-22(27)24(30)31)26-25(32)33-14-20-18-10-5-3-8-16(18)17-9-4-6-11-19(17)20/h2-6,8-11,15,20-22,28H,1,7,12-14H2,(H,26,32)(H,30,31)/t15-,21?,22-/m1/s1. The number of aliphatic hydroxyl groups excluding tert-OH is 1. The van der Waals surface area contributed by atoms with Gasteiger partial charge in [-0.15, -0.1) is 6.58 Å². The Morgan fingerprint density at radius 2 is 1.73 bits per heavy atom. The fraction of sp³-hybridized carbons (Fsp3) is 0.320. The maximum Gasteiger partial charge on any atom is 0.407 e. The molecule has 33 heavy (non-hydrogen) atoms. The van der Waals surface area contributed by atoms with Crippen LogP contribution in [0.15, 0.2) is 61.2 Å². The summed E-state index contributed by atoms with van der Waals surface area (Å²) in [6, 6.07) is 13.8. The number of carbonyl (C=O) groups excluding carboxylic acids is 2. The van der Waals surface area contributed by atoms with E-state index >= 15 is 0 Å². The van der Waals surface area contributed by atoms with Crippen LogP contribution in [0.5, 0.6) is 0 Å². The molecule has 2 aliphatic rings. The number of likely N-dealkylation sites (tertiary alicyclic amines) is 1. The lowest BCUT2D eigenvalue weighted by molar-refractivity contribution is -0.148. The molecule has 0 aromatic heterocycles. The first kappa shape index (κ1) is 22.5. The summed E-state index contributed by atoms with van der Waals surface area (Å²) in [5.74, 6) is -1.91. The molecule has 0 saturated carbocycles. The molecule has 2 aromatic rings. The van der Waals surface area contributed by atoms with Gasteiger partial charge >= 0.3 is 12.1 Å². The van der Waals surface area contributed by atoms with Crippen LogP contribution < -0.4 is 5.32 Å². The number of aliphatic hydroxyl groups is 1. The minimum Gasteiger partial charge on any atom is -0.480 e. The summed E-state index contributed by atoms with van der Waals surface area (Å²) >= 11 is 0. The number of benzene rings is 2. The van der Waals surface area contributed by atoms with Gasteiger partial charge in [0.05, 0.1) is 6.10 Å². The summed E-state index contributed by atoms with van der Waals surface area (Å²) in [5.41, 5.74) is 4.35. The second kappa shape index (κ2) is 9.46. The molecule has 3 atom stereocenters. The first-order chi connectivity index (χ1) is 15.9. The molecular formula is C25H26N2O6. The number of carbonyl (C=O) groups is 3. The molecular weight excluding hydrogens is 424 g/mol. The van der Waals surface area contributed by atoms with Gasteiger partial charge in [-0.2, -0.15) is 0 Å². The van der Waals surface area contributed by atoms with Gasteiger partial charge in [-0.3, -0.25) is 4.79 Å². The van der Waals surface area contributed by atoms with E-state index in [-0.39, 0.29) is 31.9 Å². The summed E-state index contributed by atoms with van der Waals surface area (Å²) < 4.78 is 5.50. The molecule has 0 spiro atoms. The zero-order valence-electron chi connectivity index (χ0n) is 18.0. The van der Waals surface area contributed by atoms with Crippen molar-refractivity contribution in [3.05, 3.63) is 72.3 Å². The smallest absolute Gasteiger partial charge is 0.407 e. The Kier molecular flexibility index (Phi) is 6.46. The number of β-amino-alcohol motifs (C(OH)–C–C–N with tert-alkyl or cyclic N) is 1. The number of hydrogen-bond donors (Lipinski definition) is 3. The van der Waals surface area contributed by atoms with E-state index in [0.717, 1.165) is 27.2 Å². The maximum atomic E-state index is 13.0. The Balaban J connectivity index is 1.44. The van der Waals surface area contributed by atoms with Crippen molar-refractivity contribution in [2.24, 2.45) is 0 Å².